The highest BCUT2D eigenvalue weighted by Crippen LogP contribution is 2.27. The Morgan fingerprint density at radius 1 is 1.14 bits per heavy atom. The third-order valence-corrected chi connectivity index (χ3v) is 2.83. The summed E-state index contributed by atoms with van der Waals surface area (Å²) in [5, 5.41) is 15.2. The molecular weight excluding hydrogens is 312 g/mol. The number of rotatable bonds is 3. The Labute approximate surface area is 129 Å². The lowest BCUT2D eigenvalue weighted by molar-refractivity contribution is -0.384. The molecule has 0 unspecified atom stereocenters. The molecule has 112 valence electrons. The number of halogens is 1. The molecule has 2 N–H and O–H groups in total. The molecule has 8 nitrogen and oxygen atoms in total. The average molecular weight is 321 g/mol. The molecule has 0 aliphatic rings. The van der Waals surface area contributed by atoms with Crippen LogP contribution in [0.4, 0.5) is 17.2 Å². The van der Waals surface area contributed by atoms with E-state index in [0.717, 1.165) is 6.07 Å². The highest BCUT2D eigenvalue weighted by atomic mass is 35.5. The molecule has 0 spiro atoms. The first-order valence-electron chi connectivity index (χ1n) is 5.94. The lowest BCUT2D eigenvalue weighted by atomic mass is 10.2. The fourth-order valence-electron chi connectivity index (χ4n) is 1.53. The van der Waals surface area contributed by atoms with Gasteiger partial charge in [0.2, 0.25) is 0 Å². The Balaban J connectivity index is 2.07. The smallest absolute Gasteiger partial charge is 0.315 e. The topological polar surface area (TPSA) is 114 Å². The lowest BCUT2D eigenvalue weighted by Crippen LogP contribution is -2.29. The van der Waals surface area contributed by atoms with Crippen LogP contribution in [-0.2, 0) is 9.59 Å². The van der Waals surface area contributed by atoms with E-state index < -0.39 is 16.7 Å². The van der Waals surface area contributed by atoms with E-state index in [9.17, 15) is 19.7 Å². The molecule has 22 heavy (non-hydrogen) atoms. The summed E-state index contributed by atoms with van der Waals surface area (Å²) >= 11 is 5.66. The Morgan fingerprint density at radius 3 is 2.50 bits per heavy atom. The zero-order chi connectivity index (χ0) is 16.1. The first kappa shape index (κ1) is 15.4. The van der Waals surface area contributed by atoms with Crippen LogP contribution in [0.1, 0.15) is 0 Å². The van der Waals surface area contributed by atoms with Crippen LogP contribution in [0.15, 0.2) is 42.6 Å². The van der Waals surface area contributed by atoms with E-state index in [0.29, 0.717) is 0 Å². The number of hydrogen-bond acceptors (Lipinski definition) is 5. The van der Waals surface area contributed by atoms with Crippen molar-refractivity contribution in [3.8, 4) is 0 Å². The fraction of sp³-hybridized carbons (Fsp3) is 0. The summed E-state index contributed by atoms with van der Waals surface area (Å²) in [5.74, 6) is -1.72. The molecule has 0 bridgehead atoms. The molecular formula is C13H9ClN4O4. The maximum absolute atomic E-state index is 11.7. The van der Waals surface area contributed by atoms with Gasteiger partial charge in [0, 0.05) is 18.0 Å². The zero-order valence-corrected chi connectivity index (χ0v) is 11.7. The maximum Gasteiger partial charge on any atom is 0.315 e. The van der Waals surface area contributed by atoms with Crippen molar-refractivity contribution in [1.82, 2.24) is 4.98 Å². The van der Waals surface area contributed by atoms with Crippen LogP contribution in [0.5, 0.6) is 0 Å². The largest absolute Gasteiger partial charge is 0.318 e. The Bertz CT molecular complexity index is 736. The number of nitro groups is 1. The van der Waals surface area contributed by atoms with Crippen LogP contribution in [-0.4, -0.2) is 21.7 Å². The van der Waals surface area contributed by atoms with Gasteiger partial charge in [0.05, 0.1) is 4.92 Å². The number of carbonyl (C=O) groups excluding carboxylic acids is 2. The molecule has 2 rings (SSSR count). The maximum atomic E-state index is 11.7. The molecule has 0 radical (unpaired) electrons. The zero-order valence-electron chi connectivity index (χ0n) is 10.9. The number of hydrogen-bond donors (Lipinski definition) is 2. The molecule has 2 aromatic rings. The summed E-state index contributed by atoms with van der Waals surface area (Å²) in [6, 6.07) is 8.48. The Morgan fingerprint density at radius 2 is 1.86 bits per heavy atom. The van der Waals surface area contributed by atoms with Gasteiger partial charge in [-0.1, -0.05) is 17.7 Å². The predicted molar refractivity (Wildman–Crippen MR) is 79.6 cm³/mol. The number of carbonyl (C=O) groups is 2. The molecule has 2 amide bonds. The van der Waals surface area contributed by atoms with Gasteiger partial charge in [-0.3, -0.25) is 19.7 Å². The molecule has 0 saturated heterocycles. The van der Waals surface area contributed by atoms with Crippen LogP contribution >= 0.6 is 11.6 Å². The SMILES string of the molecule is O=C(Nc1ccc(Cl)c([N+](=O)[O-])c1)C(=O)Nc1ccccn1. The van der Waals surface area contributed by atoms with Crippen LogP contribution < -0.4 is 10.6 Å². The van der Waals surface area contributed by atoms with Gasteiger partial charge in [-0.2, -0.15) is 0 Å². The predicted octanol–water partition coefficient (Wildman–Crippen LogP) is 2.22. The van der Waals surface area contributed by atoms with Gasteiger partial charge >= 0.3 is 11.8 Å². The summed E-state index contributed by atoms with van der Waals surface area (Å²) in [5.41, 5.74) is -0.290. The number of nitrogens with one attached hydrogen (secondary N) is 2. The fourth-order valence-corrected chi connectivity index (χ4v) is 1.71. The highest BCUT2D eigenvalue weighted by molar-refractivity contribution is 6.43. The third kappa shape index (κ3) is 3.76. The van der Waals surface area contributed by atoms with Gasteiger partial charge in [0.25, 0.3) is 5.69 Å². The number of nitrogens with zero attached hydrogens (tertiary/aromatic N) is 2. The molecule has 1 aromatic carbocycles. The standard InChI is InChI=1S/C13H9ClN4O4/c14-9-5-4-8(7-10(9)18(21)22)16-12(19)13(20)17-11-3-1-2-6-15-11/h1-7H,(H,16,19)(H,15,17,20). The summed E-state index contributed by atoms with van der Waals surface area (Å²) in [6.45, 7) is 0. The van der Waals surface area contributed by atoms with Gasteiger partial charge in [-0.15, -0.1) is 0 Å². The molecule has 1 aromatic heterocycles. The first-order valence-corrected chi connectivity index (χ1v) is 6.32. The van der Waals surface area contributed by atoms with Crippen LogP contribution in [0, 0.1) is 10.1 Å². The molecule has 0 fully saturated rings. The molecule has 0 saturated carbocycles. The minimum absolute atomic E-state index is 0.0686. The summed E-state index contributed by atoms with van der Waals surface area (Å²) in [4.78, 5) is 37.3. The van der Waals surface area contributed by atoms with Crippen LogP contribution in [0.3, 0.4) is 0 Å². The minimum Gasteiger partial charge on any atom is -0.318 e. The van der Waals surface area contributed by atoms with Gasteiger partial charge in [0.15, 0.2) is 0 Å². The minimum atomic E-state index is -0.984. The number of pyridine rings is 1. The van der Waals surface area contributed by atoms with E-state index in [1.165, 1.54) is 24.4 Å². The number of nitro benzene ring substituents is 1. The molecule has 1 heterocycles. The summed E-state index contributed by atoms with van der Waals surface area (Å²) in [7, 11) is 0. The van der Waals surface area contributed by atoms with Crippen molar-refractivity contribution < 1.29 is 14.5 Å². The summed E-state index contributed by atoms with van der Waals surface area (Å²) in [6.07, 6.45) is 1.45. The molecule has 0 atom stereocenters. The number of anilines is 2. The van der Waals surface area contributed by atoms with Crippen molar-refractivity contribution in [2.24, 2.45) is 0 Å². The van der Waals surface area contributed by atoms with Gasteiger partial charge in [0.1, 0.15) is 10.8 Å². The monoisotopic (exact) mass is 320 g/mol. The van der Waals surface area contributed by atoms with Crippen molar-refractivity contribution in [3.63, 3.8) is 0 Å². The van der Waals surface area contributed by atoms with Crippen molar-refractivity contribution in [1.29, 1.82) is 0 Å². The van der Waals surface area contributed by atoms with Crippen molar-refractivity contribution in [2.45, 2.75) is 0 Å². The quantitative estimate of drug-likeness (QED) is 0.511. The van der Waals surface area contributed by atoms with Crippen LogP contribution in [0.2, 0.25) is 5.02 Å². The van der Waals surface area contributed by atoms with Crippen molar-refractivity contribution in [3.05, 3.63) is 57.7 Å². The average Bonchev–Trinajstić information content (AvgIpc) is 2.49. The molecule has 0 aliphatic heterocycles. The van der Waals surface area contributed by atoms with E-state index in [1.54, 1.807) is 12.1 Å². The second kappa shape index (κ2) is 6.64. The second-order valence-electron chi connectivity index (χ2n) is 4.05. The number of benzene rings is 1. The lowest BCUT2D eigenvalue weighted by Gasteiger charge is -2.06. The van der Waals surface area contributed by atoms with Gasteiger partial charge < -0.3 is 10.6 Å². The van der Waals surface area contributed by atoms with Crippen molar-refractivity contribution >= 4 is 40.6 Å². The normalized spacial score (nSPS) is 9.86. The Hall–Kier alpha value is -3.00. The van der Waals surface area contributed by atoms with Crippen molar-refractivity contribution in [2.75, 3.05) is 10.6 Å². The molecule has 9 heteroatoms. The van der Waals surface area contributed by atoms with Crippen LogP contribution in [0.25, 0.3) is 0 Å². The van der Waals surface area contributed by atoms with Gasteiger partial charge in [-0.25, -0.2) is 4.98 Å². The van der Waals surface area contributed by atoms with Gasteiger partial charge in [-0.05, 0) is 24.3 Å². The second-order valence-corrected chi connectivity index (χ2v) is 4.45. The third-order valence-electron chi connectivity index (χ3n) is 2.51. The number of amides is 2. The van der Waals surface area contributed by atoms with E-state index >= 15 is 0 Å². The van der Waals surface area contributed by atoms with E-state index in [4.69, 9.17) is 11.6 Å². The first-order chi connectivity index (χ1) is 10.5. The van der Waals surface area contributed by atoms with E-state index in [1.807, 2.05) is 0 Å². The summed E-state index contributed by atoms with van der Waals surface area (Å²) < 4.78 is 0. The highest BCUT2D eigenvalue weighted by Gasteiger charge is 2.17. The van der Waals surface area contributed by atoms with E-state index in [2.05, 4.69) is 15.6 Å². The van der Waals surface area contributed by atoms with E-state index in [-0.39, 0.29) is 22.2 Å². The number of aromatic nitrogens is 1. The Kier molecular flexibility index (Phi) is 4.64. The molecule has 0 aliphatic carbocycles.